The van der Waals surface area contributed by atoms with Crippen LogP contribution in [0.5, 0.6) is 0 Å². The first kappa shape index (κ1) is 22.4. The van der Waals surface area contributed by atoms with Gasteiger partial charge in [-0.1, -0.05) is 69.2 Å². The van der Waals surface area contributed by atoms with Crippen molar-refractivity contribution in [2.75, 3.05) is 0 Å². The van der Waals surface area contributed by atoms with E-state index in [4.69, 9.17) is 4.98 Å². The molecule has 0 spiro atoms. The lowest BCUT2D eigenvalue weighted by atomic mass is 9.75. The molecule has 0 atom stereocenters. The van der Waals surface area contributed by atoms with E-state index >= 15 is 0 Å². The Morgan fingerprint density at radius 3 is 1.32 bits per heavy atom. The summed E-state index contributed by atoms with van der Waals surface area (Å²) in [5, 5.41) is 9.03. The van der Waals surface area contributed by atoms with Crippen LogP contribution in [-0.2, 0) is 21.7 Å². The second-order valence-corrected chi connectivity index (χ2v) is 11.4. The van der Waals surface area contributed by atoms with Gasteiger partial charge in [0.2, 0.25) is 0 Å². The molecule has 0 saturated carbocycles. The van der Waals surface area contributed by atoms with E-state index in [-0.39, 0.29) is 21.7 Å². The largest absolute Gasteiger partial charge is 0.257 e. The zero-order chi connectivity index (χ0) is 21.4. The molecule has 28 heavy (non-hydrogen) atoms. The standard InChI is InChI=1S/C24H38N4/c1-21(2,3)17-11-12-18(28-27-17)23(7,8)13-14-24(9,10)20-16-25-19(15-26-20)22(4,5)6/h11-12,15-16H,13-14H2,1-10H3. The molecule has 0 amide bonds. The average Bonchev–Trinajstić information content (AvgIpc) is 2.59. The normalized spacial score (nSPS) is 13.6. The molecule has 154 valence electrons. The van der Waals surface area contributed by atoms with Crippen LogP contribution in [0, 0.1) is 0 Å². The summed E-state index contributed by atoms with van der Waals surface area (Å²) in [6.07, 6.45) is 5.89. The van der Waals surface area contributed by atoms with Crippen LogP contribution < -0.4 is 0 Å². The van der Waals surface area contributed by atoms with Crippen molar-refractivity contribution in [2.24, 2.45) is 0 Å². The van der Waals surface area contributed by atoms with Crippen molar-refractivity contribution in [1.82, 2.24) is 20.2 Å². The maximum Gasteiger partial charge on any atom is 0.0687 e. The van der Waals surface area contributed by atoms with E-state index in [2.05, 4.69) is 96.6 Å². The minimum absolute atomic E-state index is 0.0234. The molecule has 0 saturated heterocycles. The van der Waals surface area contributed by atoms with E-state index in [1.165, 1.54) is 0 Å². The van der Waals surface area contributed by atoms with Gasteiger partial charge in [-0.15, -0.1) is 0 Å². The van der Waals surface area contributed by atoms with Gasteiger partial charge in [0.05, 0.1) is 22.8 Å². The van der Waals surface area contributed by atoms with Crippen LogP contribution in [0.4, 0.5) is 0 Å². The molecule has 2 rings (SSSR count). The SMILES string of the molecule is CC(C)(C)c1cnc(C(C)(C)CCC(C)(C)c2ccc(C(C)(C)C)nn2)cn1. The quantitative estimate of drug-likeness (QED) is 0.646. The predicted molar refractivity (Wildman–Crippen MR) is 117 cm³/mol. The molecule has 0 fully saturated rings. The van der Waals surface area contributed by atoms with Gasteiger partial charge in [-0.05, 0) is 25.0 Å². The van der Waals surface area contributed by atoms with Gasteiger partial charge in [-0.3, -0.25) is 9.97 Å². The van der Waals surface area contributed by atoms with E-state index in [1.54, 1.807) is 0 Å². The third-order valence-electron chi connectivity index (χ3n) is 5.62. The summed E-state index contributed by atoms with van der Waals surface area (Å²) in [5.41, 5.74) is 4.11. The maximum absolute atomic E-state index is 4.74. The van der Waals surface area contributed by atoms with E-state index in [9.17, 15) is 0 Å². The summed E-state index contributed by atoms with van der Waals surface area (Å²) < 4.78 is 0. The molecule has 0 N–H and O–H groups in total. The summed E-state index contributed by atoms with van der Waals surface area (Å²) in [5.74, 6) is 0. The molecule has 0 aliphatic heterocycles. The molecule has 0 aliphatic carbocycles. The predicted octanol–water partition coefficient (Wildman–Crippen LogP) is 5.90. The van der Waals surface area contributed by atoms with Crippen LogP contribution in [0.3, 0.4) is 0 Å². The molecule has 0 aliphatic rings. The highest BCUT2D eigenvalue weighted by Gasteiger charge is 2.30. The second-order valence-electron chi connectivity index (χ2n) is 11.4. The van der Waals surface area contributed by atoms with Gasteiger partial charge in [0.1, 0.15) is 0 Å². The summed E-state index contributed by atoms with van der Waals surface area (Å²) in [6, 6.07) is 4.25. The maximum atomic E-state index is 4.74. The first-order chi connectivity index (χ1) is 12.6. The van der Waals surface area contributed by atoms with E-state index in [0.29, 0.717) is 0 Å². The molecule has 4 nitrogen and oxygen atoms in total. The molecule has 0 aromatic carbocycles. The fourth-order valence-corrected chi connectivity index (χ4v) is 3.04. The Hall–Kier alpha value is -1.84. The minimum Gasteiger partial charge on any atom is -0.257 e. The molecular formula is C24H38N4. The van der Waals surface area contributed by atoms with Crippen molar-refractivity contribution < 1.29 is 0 Å². The number of hydrogen-bond donors (Lipinski definition) is 0. The molecule has 0 bridgehead atoms. The van der Waals surface area contributed by atoms with Gasteiger partial charge in [-0.2, -0.15) is 10.2 Å². The molecule has 2 aromatic rings. The zero-order valence-electron chi connectivity index (χ0n) is 19.5. The molecule has 4 heteroatoms. The van der Waals surface area contributed by atoms with E-state index < -0.39 is 0 Å². The van der Waals surface area contributed by atoms with Gasteiger partial charge < -0.3 is 0 Å². The van der Waals surface area contributed by atoms with Crippen molar-refractivity contribution in [1.29, 1.82) is 0 Å². The summed E-state index contributed by atoms with van der Waals surface area (Å²) in [6.45, 7) is 22.0. The summed E-state index contributed by atoms with van der Waals surface area (Å²) >= 11 is 0. The van der Waals surface area contributed by atoms with Crippen molar-refractivity contribution >= 4 is 0 Å². The third kappa shape index (κ3) is 5.36. The molecule has 0 radical (unpaired) electrons. The number of hydrogen-bond acceptors (Lipinski definition) is 4. The van der Waals surface area contributed by atoms with Crippen molar-refractivity contribution in [3.63, 3.8) is 0 Å². The van der Waals surface area contributed by atoms with Crippen LogP contribution >= 0.6 is 0 Å². The second kappa shape index (κ2) is 7.53. The highest BCUT2D eigenvalue weighted by atomic mass is 15.1. The van der Waals surface area contributed by atoms with Crippen molar-refractivity contribution in [3.05, 3.63) is 47.3 Å². The van der Waals surface area contributed by atoms with Crippen LogP contribution in [-0.4, -0.2) is 20.2 Å². The van der Waals surface area contributed by atoms with Gasteiger partial charge in [-0.25, -0.2) is 0 Å². The lowest BCUT2D eigenvalue weighted by molar-refractivity contribution is 0.359. The first-order valence-electron chi connectivity index (χ1n) is 10.3. The highest BCUT2D eigenvalue weighted by Crippen LogP contribution is 2.35. The Kier molecular flexibility index (Phi) is 6.04. The monoisotopic (exact) mass is 382 g/mol. The average molecular weight is 383 g/mol. The van der Waals surface area contributed by atoms with Crippen LogP contribution in [0.15, 0.2) is 24.5 Å². The van der Waals surface area contributed by atoms with Gasteiger partial charge in [0.15, 0.2) is 0 Å². The van der Waals surface area contributed by atoms with Crippen LogP contribution in [0.2, 0.25) is 0 Å². The lowest BCUT2D eigenvalue weighted by Gasteiger charge is -2.31. The van der Waals surface area contributed by atoms with Crippen molar-refractivity contribution in [2.45, 2.75) is 104 Å². The number of rotatable bonds is 5. The molecule has 2 heterocycles. The van der Waals surface area contributed by atoms with Gasteiger partial charge in [0, 0.05) is 34.1 Å². The fourth-order valence-electron chi connectivity index (χ4n) is 3.04. The lowest BCUT2D eigenvalue weighted by Crippen LogP contribution is -2.27. The van der Waals surface area contributed by atoms with Crippen LogP contribution in [0.25, 0.3) is 0 Å². The minimum atomic E-state index is -0.0422. The Balaban J connectivity index is 2.12. The van der Waals surface area contributed by atoms with Crippen LogP contribution in [0.1, 0.15) is 105 Å². The zero-order valence-corrected chi connectivity index (χ0v) is 19.5. The summed E-state index contributed by atoms with van der Waals surface area (Å²) in [7, 11) is 0. The van der Waals surface area contributed by atoms with E-state index in [0.717, 1.165) is 35.6 Å². The Labute approximate surface area is 171 Å². The number of nitrogens with zero attached hydrogens (tertiary/aromatic N) is 4. The van der Waals surface area contributed by atoms with Gasteiger partial charge in [0.25, 0.3) is 0 Å². The molecular weight excluding hydrogens is 344 g/mol. The third-order valence-corrected chi connectivity index (χ3v) is 5.62. The smallest absolute Gasteiger partial charge is 0.0687 e. The fraction of sp³-hybridized carbons (Fsp3) is 0.667. The first-order valence-corrected chi connectivity index (χ1v) is 10.3. The molecule has 0 unspecified atom stereocenters. The van der Waals surface area contributed by atoms with Gasteiger partial charge >= 0.3 is 0 Å². The Bertz CT molecular complexity index is 704. The molecule has 2 aromatic heterocycles. The van der Waals surface area contributed by atoms with E-state index in [1.807, 2.05) is 12.4 Å². The highest BCUT2D eigenvalue weighted by molar-refractivity contribution is 5.20. The Morgan fingerprint density at radius 2 is 0.929 bits per heavy atom. The van der Waals surface area contributed by atoms with Crippen molar-refractivity contribution in [3.8, 4) is 0 Å². The number of aromatic nitrogens is 4. The Morgan fingerprint density at radius 1 is 0.536 bits per heavy atom. The topological polar surface area (TPSA) is 51.6 Å². The summed E-state index contributed by atoms with van der Waals surface area (Å²) in [4.78, 5) is 9.41.